The van der Waals surface area contributed by atoms with Gasteiger partial charge in [0.05, 0.1) is 24.6 Å². The first kappa shape index (κ1) is 14.6. The molecule has 0 heterocycles. The van der Waals surface area contributed by atoms with Crippen molar-refractivity contribution < 1.29 is 14.2 Å². The maximum absolute atomic E-state index is 13.6. The van der Waals surface area contributed by atoms with Crippen LogP contribution >= 0.6 is 0 Å². The van der Waals surface area contributed by atoms with E-state index in [-0.39, 0.29) is 18.4 Å². The van der Waals surface area contributed by atoms with Crippen LogP contribution < -0.4 is 15.4 Å². The molecular formula is C13H21FN2O2. The Balaban J connectivity index is 3.16. The summed E-state index contributed by atoms with van der Waals surface area (Å²) in [6, 6.07) is 3.00. The average molecular weight is 256 g/mol. The van der Waals surface area contributed by atoms with Gasteiger partial charge in [-0.2, -0.15) is 0 Å². The second kappa shape index (κ2) is 6.44. The van der Waals surface area contributed by atoms with Crippen LogP contribution in [0.4, 0.5) is 15.8 Å². The molecule has 1 aromatic carbocycles. The van der Waals surface area contributed by atoms with Gasteiger partial charge in [-0.15, -0.1) is 0 Å². The number of hydrogen-bond donors (Lipinski definition) is 2. The Kier molecular flexibility index (Phi) is 5.22. The zero-order valence-corrected chi connectivity index (χ0v) is 11.1. The monoisotopic (exact) mass is 256 g/mol. The summed E-state index contributed by atoms with van der Waals surface area (Å²) in [5.41, 5.74) is 6.87. The molecule has 1 aromatic rings. The predicted octanol–water partition coefficient (Wildman–Crippen LogP) is 2.01. The quantitative estimate of drug-likeness (QED) is 0.764. The van der Waals surface area contributed by atoms with Gasteiger partial charge in [0.25, 0.3) is 0 Å². The van der Waals surface area contributed by atoms with Crippen LogP contribution in [0.15, 0.2) is 12.1 Å². The van der Waals surface area contributed by atoms with E-state index in [1.165, 1.54) is 6.07 Å². The molecule has 0 atom stereocenters. The molecular weight excluding hydrogens is 235 g/mol. The summed E-state index contributed by atoms with van der Waals surface area (Å²) in [6.45, 7) is 6.61. The molecule has 0 aliphatic rings. The van der Waals surface area contributed by atoms with Gasteiger partial charge in [-0.05, 0) is 20.8 Å². The molecule has 0 saturated heterocycles. The number of nitrogens with zero attached hydrogens (tertiary/aromatic N) is 1. The Labute approximate surface area is 107 Å². The summed E-state index contributed by atoms with van der Waals surface area (Å²) in [4.78, 5) is 1.91. The zero-order chi connectivity index (χ0) is 13.7. The molecule has 0 aliphatic heterocycles. The Bertz CT molecular complexity index is 397. The third-order valence-corrected chi connectivity index (χ3v) is 2.65. The van der Waals surface area contributed by atoms with Crippen molar-refractivity contribution in [3.8, 4) is 5.75 Å². The van der Waals surface area contributed by atoms with Gasteiger partial charge in [-0.1, -0.05) is 0 Å². The Hall–Kier alpha value is -1.49. The highest BCUT2D eigenvalue weighted by Crippen LogP contribution is 2.32. The SMILES string of the molecule is CCOc1cc(N(CCO)C(C)C)c(N)cc1F. The summed E-state index contributed by atoms with van der Waals surface area (Å²) in [5, 5.41) is 9.08. The van der Waals surface area contributed by atoms with E-state index in [1.54, 1.807) is 13.0 Å². The van der Waals surface area contributed by atoms with Crippen LogP contribution in [0.1, 0.15) is 20.8 Å². The molecule has 0 unspecified atom stereocenters. The molecule has 0 fully saturated rings. The molecule has 0 amide bonds. The maximum Gasteiger partial charge on any atom is 0.167 e. The highest BCUT2D eigenvalue weighted by Gasteiger charge is 2.16. The van der Waals surface area contributed by atoms with Crippen molar-refractivity contribution in [2.45, 2.75) is 26.8 Å². The van der Waals surface area contributed by atoms with Crippen molar-refractivity contribution >= 4 is 11.4 Å². The van der Waals surface area contributed by atoms with Gasteiger partial charge in [-0.25, -0.2) is 4.39 Å². The van der Waals surface area contributed by atoms with Crippen molar-refractivity contribution in [2.24, 2.45) is 0 Å². The van der Waals surface area contributed by atoms with Crippen LogP contribution in [0, 0.1) is 5.82 Å². The van der Waals surface area contributed by atoms with E-state index in [2.05, 4.69) is 0 Å². The Morgan fingerprint density at radius 2 is 2.11 bits per heavy atom. The van der Waals surface area contributed by atoms with Crippen molar-refractivity contribution in [1.82, 2.24) is 0 Å². The van der Waals surface area contributed by atoms with Gasteiger partial charge in [0.1, 0.15) is 0 Å². The number of nitrogen functional groups attached to an aromatic ring is 1. The second-order valence-electron chi connectivity index (χ2n) is 4.29. The zero-order valence-electron chi connectivity index (χ0n) is 11.1. The first-order valence-electron chi connectivity index (χ1n) is 6.10. The highest BCUT2D eigenvalue weighted by molar-refractivity contribution is 5.70. The lowest BCUT2D eigenvalue weighted by Crippen LogP contribution is -2.34. The van der Waals surface area contributed by atoms with Crippen LogP contribution in [-0.4, -0.2) is 30.9 Å². The van der Waals surface area contributed by atoms with E-state index >= 15 is 0 Å². The topological polar surface area (TPSA) is 58.7 Å². The molecule has 18 heavy (non-hydrogen) atoms. The van der Waals surface area contributed by atoms with Crippen molar-refractivity contribution in [3.63, 3.8) is 0 Å². The van der Waals surface area contributed by atoms with Gasteiger partial charge in [0, 0.05) is 24.7 Å². The molecule has 0 saturated carbocycles. The maximum atomic E-state index is 13.6. The van der Waals surface area contributed by atoms with E-state index in [1.807, 2.05) is 18.7 Å². The first-order chi connectivity index (χ1) is 8.51. The number of aliphatic hydroxyl groups excluding tert-OH is 1. The molecule has 0 bridgehead atoms. The molecule has 102 valence electrons. The lowest BCUT2D eigenvalue weighted by Gasteiger charge is -2.29. The fourth-order valence-electron chi connectivity index (χ4n) is 1.84. The van der Waals surface area contributed by atoms with E-state index in [0.29, 0.717) is 24.5 Å². The third-order valence-electron chi connectivity index (χ3n) is 2.65. The molecule has 0 radical (unpaired) electrons. The van der Waals surface area contributed by atoms with Gasteiger partial charge < -0.3 is 20.5 Å². The van der Waals surface area contributed by atoms with Gasteiger partial charge in [-0.3, -0.25) is 0 Å². The van der Waals surface area contributed by atoms with E-state index in [9.17, 15) is 4.39 Å². The predicted molar refractivity (Wildman–Crippen MR) is 71.5 cm³/mol. The second-order valence-corrected chi connectivity index (χ2v) is 4.29. The summed E-state index contributed by atoms with van der Waals surface area (Å²) < 4.78 is 18.8. The number of nitrogens with two attached hydrogens (primary N) is 1. The standard InChI is InChI=1S/C13H21FN2O2/c1-4-18-13-8-12(11(15)7-10(13)14)16(5-6-17)9(2)3/h7-9,17H,4-6,15H2,1-3H3. The highest BCUT2D eigenvalue weighted by atomic mass is 19.1. The van der Waals surface area contributed by atoms with Crippen molar-refractivity contribution in [2.75, 3.05) is 30.4 Å². The minimum atomic E-state index is -0.467. The van der Waals surface area contributed by atoms with Gasteiger partial charge in [0.15, 0.2) is 11.6 Å². The lowest BCUT2D eigenvalue weighted by molar-refractivity contribution is 0.298. The normalized spacial score (nSPS) is 10.8. The number of aliphatic hydroxyl groups is 1. The average Bonchev–Trinajstić information content (AvgIpc) is 2.30. The van der Waals surface area contributed by atoms with E-state index < -0.39 is 5.82 Å². The van der Waals surface area contributed by atoms with Crippen molar-refractivity contribution in [3.05, 3.63) is 17.9 Å². The minimum absolute atomic E-state index is 0.0129. The van der Waals surface area contributed by atoms with Crippen molar-refractivity contribution in [1.29, 1.82) is 0 Å². The number of benzene rings is 1. The number of rotatable bonds is 6. The number of anilines is 2. The van der Waals surface area contributed by atoms with Gasteiger partial charge >= 0.3 is 0 Å². The summed E-state index contributed by atoms with van der Waals surface area (Å²) in [6.07, 6.45) is 0. The van der Waals surface area contributed by atoms with Gasteiger partial charge in [0.2, 0.25) is 0 Å². The number of ether oxygens (including phenoxy) is 1. The van der Waals surface area contributed by atoms with Crippen LogP contribution in [0.3, 0.4) is 0 Å². The molecule has 0 aromatic heterocycles. The number of halogens is 1. The van der Waals surface area contributed by atoms with E-state index in [4.69, 9.17) is 15.6 Å². The first-order valence-corrected chi connectivity index (χ1v) is 6.10. The van der Waals surface area contributed by atoms with Crippen LogP contribution in [0.5, 0.6) is 5.75 Å². The molecule has 5 heteroatoms. The van der Waals surface area contributed by atoms with Crippen LogP contribution in [0.2, 0.25) is 0 Å². The lowest BCUT2D eigenvalue weighted by atomic mass is 10.2. The number of hydrogen-bond acceptors (Lipinski definition) is 4. The Morgan fingerprint density at radius 3 is 2.61 bits per heavy atom. The van der Waals surface area contributed by atoms with Crippen LogP contribution in [-0.2, 0) is 0 Å². The van der Waals surface area contributed by atoms with E-state index in [0.717, 1.165) is 0 Å². The minimum Gasteiger partial charge on any atom is -0.491 e. The summed E-state index contributed by atoms with van der Waals surface area (Å²) >= 11 is 0. The summed E-state index contributed by atoms with van der Waals surface area (Å²) in [7, 11) is 0. The smallest absolute Gasteiger partial charge is 0.167 e. The van der Waals surface area contributed by atoms with Crippen LogP contribution in [0.25, 0.3) is 0 Å². The third kappa shape index (κ3) is 3.26. The molecule has 0 aliphatic carbocycles. The molecule has 0 spiro atoms. The fraction of sp³-hybridized carbons (Fsp3) is 0.538. The molecule has 4 nitrogen and oxygen atoms in total. The largest absolute Gasteiger partial charge is 0.491 e. The fourth-order valence-corrected chi connectivity index (χ4v) is 1.84. The Morgan fingerprint density at radius 1 is 1.44 bits per heavy atom. The molecule has 3 N–H and O–H groups in total. The molecule has 1 rings (SSSR count). The summed E-state index contributed by atoms with van der Waals surface area (Å²) in [5.74, 6) is -0.281.